The number of hydrogen-bond acceptors (Lipinski definition) is 3. The monoisotopic (exact) mass is 701 g/mol. The normalized spacial score (nSPS) is 32.0. The standard InChI is InChI=1S/C45H70N3O3/c1-26(2)40-20-35(21-41(27(3)4)46(40)49)32-13-15-33(16-14-32)38-18-17-34(36-22-42(28(5)6)47(50)43(23-36)29(7)8)19-39(38)37-24-44(30(9)10)48(51)45(25-37)31(11)12/h13-19,26-31,35-37,40-45H,20-25H2,1-12H3. The van der Waals surface area contributed by atoms with Crippen LogP contribution in [0.4, 0.5) is 0 Å². The van der Waals surface area contributed by atoms with Crippen molar-refractivity contribution in [1.82, 2.24) is 15.2 Å². The molecule has 3 fully saturated rings. The Morgan fingerprint density at radius 1 is 0.412 bits per heavy atom. The van der Waals surface area contributed by atoms with Crippen molar-refractivity contribution < 1.29 is 15.6 Å². The summed E-state index contributed by atoms with van der Waals surface area (Å²) in [5, 5.41) is 44.8. The average molecular weight is 701 g/mol. The summed E-state index contributed by atoms with van der Waals surface area (Å²) in [6.07, 6.45) is 5.31. The molecular formula is C45H70N3O3. The molecule has 3 aliphatic rings. The van der Waals surface area contributed by atoms with Gasteiger partial charge < -0.3 is 0 Å². The SMILES string of the molecule is CC(C)C1CC(c2ccc(-c3ccc(C4CC(C(C)C)N([O])C(C(C)C)C4)cc3C3CC(C(C)C)N([O])C(C(C)C)C3)cc2)CC(C(C)C)N1[O]. The summed E-state index contributed by atoms with van der Waals surface area (Å²) in [5.74, 6) is 2.80. The largest absolute Gasteiger partial charge is 0.148 e. The summed E-state index contributed by atoms with van der Waals surface area (Å²) >= 11 is 0. The lowest BCUT2D eigenvalue weighted by molar-refractivity contribution is -0.249. The maximum absolute atomic E-state index is 13.7. The number of rotatable bonds is 10. The van der Waals surface area contributed by atoms with Crippen LogP contribution in [0.5, 0.6) is 0 Å². The summed E-state index contributed by atoms with van der Waals surface area (Å²) < 4.78 is 0. The molecule has 3 saturated heterocycles. The molecule has 3 heterocycles. The van der Waals surface area contributed by atoms with Gasteiger partial charge in [-0.3, -0.25) is 0 Å². The van der Waals surface area contributed by atoms with E-state index in [1.54, 1.807) is 0 Å². The summed E-state index contributed by atoms with van der Waals surface area (Å²) in [5.41, 5.74) is 6.56. The van der Waals surface area contributed by atoms with Crippen LogP contribution in [0.2, 0.25) is 0 Å². The van der Waals surface area contributed by atoms with Crippen molar-refractivity contribution in [2.45, 2.75) is 176 Å². The highest BCUT2D eigenvalue weighted by Crippen LogP contribution is 2.46. The maximum atomic E-state index is 13.7. The molecule has 6 atom stereocenters. The van der Waals surface area contributed by atoms with Crippen molar-refractivity contribution in [3.63, 3.8) is 0 Å². The average Bonchev–Trinajstić information content (AvgIpc) is 3.07. The van der Waals surface area contributed by atoms with E-state index in [0.29, 0.717) is 35.5 Å². The Morgan fingerprint density at radius 3 is 1.04 bits per heavy atom. The Morgan fingerprint density at radius 2 is 0.706 bits per heavy atom. The van der Waals surface area contributed by atoms with Gasteiger partial charge in [0.2, 0.25) is 0 Å². The number of hydroxylamine groups is 6. The molecule has 0 aromatic heterocycles. The molecule has 0 spiro atoms. The lowest BCUT2D eigenvalue weighted by Gasteiger charge is -2.45. The minimum atomic E-state index is -0.0101. The van der Waals surface area contributed by atoms with E-state index in [2.05, 4.69) is 126 Å². The first-order valence-corrected chi connectivity index (χ1v) is 20.6. The Kier molecular flexibility index (Phi) is 13.2. The molecule has 0 aliphatic carbocycles. The fraction of sp³-hybridized carbons (Fsp3) is 0.733. The topological polar surface area (TPSA) is 69.4 Å². The second-order valence-electron chi connectivity index (χ2n) is 18.9. The van der Waals surface area contributed by atoms with Crippen molar-refractivity contribution in [1.29, 1.82) is 0 Å². The molecule has 3 aliphatic heterocycles. The Bertz CT molecular complexity index is 1350. The van der Waals surface area contributed by atoms with E-state index in [0.717, 1.165) is 38.5 Å². The Balaban J connectivity index is 1.55. The van der Waals surface area contributed by atoms with E-state index >= 15 is 0 Å². The van der Waals surface area contributed by atoms with E-state index < -0.39 is 0 Å². The molecule has 2 aromatic rings. The van der Waals surface area contributed by atoms with Gasteiger partial charge in [-0.25, -0.2) is 0 Å². The zero-order valence-corrected chi connectivity index (χ0v) is 34.0. The first kappa shape index (κ1) is 40.4. The van der Waals surface area contributed by atoms with Gasteiger partial charge in [-0.15, -0.1) is 30.8 Å². The highest BCUT2D eigenvalue weighted by atomic mass is 16.5. The van der Waals surface area contributed by atoms with Crippen molar-refractivity contribution in [2.24, 2.45) is 35.5 Å². The molecule has 6 unspecified atom stereocenters. The van der Waals surface area contributed by atoms with Crippen LogP contribution >= 0.6 is 0 Å². The predicted molar refractivity (Wildman–Crippen MR) is 207 cm³/mol. The van der Waals surface area contributed by atoms with Crippen LogP contribution in [0.1, 0.15) is 156 Å². The van der Waals surface area contributed by atoms with Crippen LogP contribution in [-0.4, -0.2) is 51.4 Å². The van der Waals surface area contributed by atoms with Gasteiger partial charge in [0.15, 0.2) is 0 Å². The van der Waals surface area contributed by atoms with Crippen molar-refractivity contribution in [3.05, 3.63) is 59.2 Å². The highest BCUT2D eigenvalue weighted by molar-refractivity contribution is 5.69. The molecule has 51 heavy (non-hydrogen) atoms. The van der Waals surface area contributed by atoms with E-state index in [1.807, 2.05) is 0 Å². The van der Waals surface area contributed by atoms with Crippen molar-refractivity contribution in [2.75, 3.05) is 0 Å². The van der Waals surface area contributed by atoms with Crippen LogP contribution in [0.3, 0.4) is 0 Å². The highest BCUT2D eigenvalue weighted by Gasteiger charge is 2.43. The second kappa shape index (κ2) is 16.7. The summed E-state index contributed by atoms with van der Waals surface area (Å²) in [7, 11) is 0. The van der Waals surface area contributed by atoms with Crippen LogP contribution in [0, 0.1) is 35.5 Å². The summed E-state index contributed by atoms with van der Waals surface area (Å²) in [4.78, 5) is 0. The van der Waals surface area contributed by atoms with Gasteiger partial charge in [0.1, 0.15) is 0 Å². The lowest BCUT2D eigenvalue weighted by Crippen LogP contribution is -2.50. The predicted octanol–water partition coefficient (Wildman–Crippen LogP) is 11.1. The minimum Gasteiger partial charge on any atom is -0.148 e. The van der Waals surface area contributed by atoms with Gasteiger partial charge in [0, 0.05) is 36.3 Å². The van der Waals surface area contributed by atoms with Crippen molar-refractivity contribution in [3.8, 4) is 11.1 Å². The molecule has 2 aromatic carbocycles. The van der Waals surface area contributed by atoms with E-state index in [-0.39, 0.29) is 54.0 Å². The van der Waals surface area contributed by atoms with E-state index in [1.165, 1.54) is 43.0 Å². The van der Waals surface area contributed by atoms with Gasteiger partial charge in [0.05, 0.1) is 0 Å². The number of piperidine rings is 3. The molecule has 283 valence electrons. The zero-order valence-electron chi connectivity index (χ0n) is 34.0. The van der Waals surface area contributed by atoms with E-state index in [4.69, 9.17) is 0 Å². The quantitative estimate of drug-likeness (QED) is 0.248. The third-order valence-corrected chi connectivity index (χ3v) is 13.4. The Hall–Kier alpha value is -1.80. The van der Waals surface area contributed by atoms with Gasteiger partial charge in [0.25, 0.3) is 0 Å². The van der Waals surface area contributed by atoms with Gasteiger partial charge in [-0.1, -0.05) is 126 Å². The number of hydrogen-bond donors (Lipinski definition) is 0. The summed E-state index contributed by atoms with van der Waals surface area (Å²) in [6.45, 7) is 26.3. The molecule has 0 bridgehead atoms. The molecule has 6 heteroatoms. The smallest absolute Gasteiger partial charge is 0.0415 e. The van der Waals surface area contributed by atoms with E-state index in [9.17, 15) is 15.6 Å². The van der Waals surface area contributed by atoms with Gasteiger partial charge >= 0.3 is 0 Å². The molecule has 6 nitrogen and oxygen atoms in total. The second-order valence-corrected chi connectivity index (χ2v) is 18.9. The molecule has 0 amide bonds. The van der Waals surface area contributed by atoms with Crippen LogP contribution in [0.15, 0.2) is 42.5 Å². The number of benzene rings is 2. The van der Waals surface area contributed by atoms with Gasteiger partial charge in [-0.2, -0.15) is 0 Å². The first-order valence-electron chi connectivity index (χ1n) is 20.6. The van der Waals surface area contributed by atoms with Crippen molar-refractivity contribution >= 4 is 0 Å². The molecule has 3 radical (unpaired) electrons. The summed E-state index contributed by atoms with van der Waals surface area (Å²) in [6, 6.07) is 16.6. The van der Waals surface area contributed by atoms with Gasteiger partial charge in [-0.05, 0) is 120 Å². The van der Waals surface area contributed by atoms with Crippen LogP contribution < -0.4 is 0 Å². The minimum absolute atomic E-state index is 0.0101. The lowest BCUT2D eigenvalue weighted by atomic mass is 9.72. The number of nitrogens with zero attached hydrogens (tertiary/aromatic N) is 3. The van der Waals surface area contributed by atoms with Crippen LogP contribution in [-0.2, 0) is 15.6 Å². The van der Waals surface area contributed by atoms with Crippen LogP contribution in [0.25, 0.3) is 11.1 Å². The fourth-order valence-electron chi connectivity index (χ4n) is 9.96. The third-order valence-electron chi connectivity index (χ3n) is 13.4. The Labute approximate surface area is 311 Å². The first-order chi connectivity index (χ1) is 24.0. The fourth-order valence-corrected chi connectivity index (χ4v) is 9.96. The molecule has 0 saturated carbocycles. The maximum Gasteiger partial charge on any atom is 0.0415 e. The molecule has 5 rings (SSSR count). The third kappa shape index (κ3) is 8.63. The molecular weight excluding hydrogens is 631 g/mol. The molecule has 0 N–H and O–H groups in total. The zero-order chi connectivity index (χ0) is 37.5.